The van der Waals surface area contributed by atoms with Crippen molar-refractivity contribution in [2.24, 2.45) is 0 Å². The molecular formula is C18H20N4. The van der Waals surface area contributed by atoms with Gasteiger partial charge in [-0.2, -0.15) is 0 Å². The maximum atomic E-state index is 4.23. The quantitative estimate of drug-likeness (QED) is 0.758. The molecule has 0 bridgehead atoms. The second-order valence-electron chi connectivity index (χ2n) is 5.44. The smallest absolute Gasteiger partial charge is 0.0844 e. The van der Waals surface area contributed by atoms with Gasteiger partial charge in [-0.25, -0.2) is 4.68 Å². The van der Waals surface area contributed by atoms with E-state index in [1.54, 1.807) is 0 Å². The van der Waals surface area contributed by atoms with Crippen molar-refractivity contribution in [3.8, 4) is 0 Å². The van der Waals surface area contributed by atoms with Crippen molar-refractivity contribution in [1.29, 1.82) is 0 Å². The van der Waals surface area contributed by atoms with Crippen LogP contribution in [0.2, 0.25) is 0 Å². The van der Waals surface area contributed by atoms with E-state index in [1.807, 2.05) is 29.1 Å². The van der Waals surface area contributed by atoms with E-state index in [1.165, 1.54) is 11.1 Å². The lowest BCUT2D eigenvalue weighted by atomic mass is 10.2. The number of hydrogen-bond donors (Lipinski definition) is 1. The molecule has 0 amide bonds. The third-order valence-electron chi connectivity index (χ3n) is 3.54. The van der Waals surface area contributed by atoms with Gasteiger partial charge in [0.05, 0.1) is 12.2 Å². The number of nitrogens with zero attached hydrogens (tertiary/aromatic N) is 3. The largest absolute Gasteiger partial charge is 0.385 e. The first-order chi connectivity index (χ1) is 10.8. The van der Waals surface area contributed by atoms with E-state index in [0.29, 0.717) is 0 Å². The van der Waals surface area contributed by atoms with E-state index in [4.69, 9.17) is 0 Å². The third kappa shape index (κ3) is 3.95. The lowest BCUT2D eigenvalue weighted by molar-refractivity contribution is 0.649. The Labute approximate surface area is 130 Å². The summed E-state index contributed by atoms with van der Waals surface area (Å²) in [5, 5.41) is 11.8. The zero-order valence-corrected chi connectivity index (χ0v) is 12.7. The van der Waals surface area contributed by atoms with Crippen LogP contribution in [-0.2, 0) is 13.0 Å². The molecule has 4 heteroatoms. The van der Waals surface area contributed by atoms with Crippen molar-refractivity contribution >= 4 is 5.69 Å². The first-order valence-corrected chi connectivity index (χ1v) is 7.53. The molecule has 112 valence electrons. The Kier molecular flexibility index (Phi) is 4.49. The Bertz CT molecular complexity index is 701. The summed E-state index contributed by atoms with van der Waals surface area (Å²) in [6.07, 6.45) is 2.88. The number of anilines is 1. The van der Waals surface area contributed by atoms with E-state index < -0.39 is 0 Å². The summed E-state index contributed by atoms with van der Waals surface area (Å²) >= 11 is 0. The van der Waals surface area contributed by atoms with E-state index in [9.17, 15) is 0 Å². The summed E-state index contributed by atoms with van der Waals surface area (Å²) in [7, 11) is 0. The highest BCUT2D eigenvalue weighted by molar-refractivity contribution is 5.44. The Morgan fingerprint density at radius 2 is 1.77 bits per heavy atom. The zero-order valence-electron chi connectivity index (χ0n) is 12.7. The van der Waals surface area contributed by atoms with Crippen LogP contribution in [0.25, 0.3) is 0 Å². The van der Waals surface area contributed by atoms with Crippen LogP contribution in [-0.4, -0.2) is 21.5 Å². The van der Waals surface area contributed by atoms with Crippen molar-refractivity contribution in [1.82, 2.24) is 15.0 Å². The molecule has 0 unspecified atom stereocenters. The normalized spacial score (nSPS) is 10.6. The number of aryl methyl sites for hydroxylation is 1. The van der Waals surface area contributed by atoms with Gasteiger partial charge in [0.1, 0.15) is 0 Å². The minimum absolute atomic E-state index is 0.763. The molecule has 1 aromatic heterocycles. The molecule has 2 aromatic carbocycles. The van der Waals surface area contributed by atoms with E-state index in [-0.39, 0.29) is 0 Å². The second-order valence-corrected chi connectivity index (χ2v) is 5.44. The number of aromatic nitrogens is 3. The van der Waals surface area contributed by atoms with E-state index in [0.717, 1.165) is 30.9 Å². The minimum atomic E-state index is 0.763. The predicted molar refractivity (Wildman–Crippen MR) is 88.9 cm³/mol. The summed E-state index contributed by atoms with van der Waals surface area (Å²) in [4.78, 5) is 0. The highest BCUT2D eigenvalue weighted by Crippen LogP contribution is 2.08. The first kappa shape index (κ1) is 14.3. The molecule has 0 atom stereocenters. The van der Waals surface area contributed by atoms with Crippen molar-refractivity contribution < 1.29 is 0 Å². The molecule has 22 heavy (non-hydrogen) atoms. The van der Waals surface area contributed by atoms with Crippen molar-refractivity contribution in [3.63, 3.8) is 0 Å². The van der Waals surface area contributed by atoms with Crippen LogP contribution < -0.4 is 5.32 Å². The molecule has 0 radical (unpaired) electrons. The molecule has 0 saturated carbocycles. The highest BCUT2D eigenvalue weighted by Gasteiger charge is 2.01. The molecule has 0 aliphatic carbocycles. The van der Waals surface area contributed by atoms with Gasteiger partial charge in [0.15, 0.2) is 0 Å². The fourth-order valence-corrected chi connectivity index (χ4v) is 2.31. The van der Waals surface area contributed by atoms with Crippen LogP contribution in [0.4, 0.5) is 5.69 Å². The second kappa shape index (κ2) is 6.89. The van der Waals surface area contributed by atoms with Crippen LogP contribution in [0.3, 0.4) is 0 Å². The van der Waals surface area contributed by atoms with Gasteiger partial charge in [-0.3, -0.25) is 0 Å². The van der Waals surface area contributed by atoms with Gasteiger partial charge < -0.3 is 5.32 Å². The topological polar surface area (TPSA) is 42.7 Å². The van der Waals surface area contributed by atoms with E-state index in [2.05, 4.69) is 59.0 Å². The standard InChI is InChI=1S/C18H20N4/c1-15-7-9-17(10-8-15)19-12-11-18-14-22(21-20-18)13-16-5-3-2-4-6-16/h2-10,14,19H,11-13H2,1H3. The predicted octanol–water partition coefficient (Wildman–Crippen LogP) is 3.29. The van der Waals surface area contributed by atoms with Crippen LogP contribution in [0.15, 0.2) is 60.8 Å². The van der Waals surface area contributed by atoms with Gasteiger partial charge in [0, 0.05) is 24.8 Å². The monoisotopic (exact) mass is 292 g/mol. The number of nitrogens with one attached hydrogen (secondary N) is 1. The lowest BCUT2D eigenvalue weighted by Crippen LogP contribution is -2.05. The van der Waals surface area contributed by atoms with Gasteiger partial charge in [0.25, 0.3) is 0 Å². The molecule has 0 aliphatic heterocycles. The SMILES string of the molecule is Cc1ccc(NCCc2cn(Cc3ccccc3)nn2)cc1. The molecule has 0 saturated heterocycles. The van der Waals surface area contributed by atoms with Gasteiger partial charge in [-0.15, -0.1) is 5.10 Å². The Morgan fingerprint density at radius 1 is 1.00 bits per heavy atom. The molecule has 0 aliphatic rings. The number of benzene rings is 2. The maximum Gasteiger partial charge on any atom is 0.0844 e. The number of rotatable bonds is 6. The van der Waals surface area contributed by atoms with Gasteiger partial charge in [-0.1, -0.05) is 53.2 Å². The number of hydrogen-bond acceptors (Lipinski definition) is 3. The fraction of sp³-hybridized carbons (Fsp3) is 0.222. The van der Waals surface area contributed by atoms with Crippen molar-refractivity contribution in [2.45, 2.75) is 19.9 Å². The van der Waals surface area contributed by atoms with Crippen molar-refractivity contribution in [2.75, 3.05) is 11.9 Å². The van der Waals surface area contributed by atoms with Crippen LogP contribution in [0, 0.1) is 6.92 Å². The van der Waals surface area contributed by atoms with Crippen molar-refractivity contribution in [3.05, 3.63) is 77.6 Å². The van der Waals surface area contributed by atoms with Crippen LogP contribution in [0.1, 0.15) is 16.8 Å². The zero-order chi connectivity index (χ0) is 15.2. The fourth-order valence-electron chi connectivity index (χ4n) is 2.31. The average Bonchev–Trinajstić information content (AvgIpc) is 2.98. The Balaban J connectivity index is 1.50. The Hall–Kier alpha value is -2.62. The summed E-state index contributed by atoms with van der Waals surface area (Å²) in [5.41, 5.74) is 4.66. The Morgan fingerprint density at radius 3 is 2.55 bits per heavy atom. The molecule has 3 aromatic rings. The molecule has 1 N–H and O–H groups in total. The molecule has 4 nitrogen and oxygen atoms in total. The first-order valence-electron chi connectivity index (χ1n) is 7.53. The van der Waals surface area contributed by atoms with Gasteiger partial charge in [0.2, 0.25) is 0 Å². The maximum absolute atomic E-state index is 4.23. The van der Waals surface area contributed by atoms with E-state index >= 15 is 0 Å². The highest BCUT2D eigenvalue weighted by atomic mass is 15.4. The molecule has 0 spiro atoms. The van der Waals surface area contributed by atoms with Crippen LogP contribution >= 0.6 is 0 Å². The summed E-state index contributed by atoms with van der Waals surface area (Å²) in [5.74, 6) is 0. The molecule has 0 fully saturated rings. The lowest BCUT2D eigenvalue weighted by Gasteiger charge is -2.04. The molecular weight excluding hydrogens is 272 g/mol. The molecule has 3 rings (SSSR count). The molecule has 1 heterocycles. The summed E-state index contributed by atoms with van der Waals surface area (Å²) in [6, 6.07) is 18.7. The minimum Gasteiger partial charge on any atom is -0.385 e. The average molecular weight is 292 g/mol. The van der Waals surface area contributed by atoms with Gasteiger partial charge >= 0.3 is 0 Å². The van der Waals surface area contributed by atoms with Crippen LogP contribution in [0.5, 0.6) is 0 Å². The summed E-state index contributed by atoms with van der Waals surface area (Å²) < 4.78 is 1.89. The van der Waals surface area contributed by atoms with Gasteiger partial charge in [-0.05, 0) is 24.6 Å². The third-order valence-corrected chi connectivity index (χ3v) is 3.54. The summed E-state index contributed by atoms with van der Waals surface area (Å²) in [6.45, 7) is 3.71.